The molecule has 0 amide bonds. The van der Waals surface area contributed by atoms with Crippen molar-refractivity contribution in [2.24, 2.45) is 0 Å². The topological polar surface area (TPSA) is 91.0 Å². The molecule has 2 aromatic rings. The Labute approximate surface area is 107 Å². The van der Waals surface area contributed by atoms with E-state index in [0.29, 0.717) is 5.75 Å². The van der Waals surface area contributed by atoms with Crippen molar-refractivity contribution in [1.82, 2.24) is 15.0 Å². The van der Waals surface area contributed by atoms with Gasteiger partial charge in [0.15, 0.2) is 5.69 Å². The van der Waals surface area contributed by atoms with Crippen LogP contribution in [0.2, 0.25) is 5.15 Å². The van der Waals surface area contributed by atoms with Crippen molar-refractivity contribution < 1.29 is 9.66 Å². The van der Waals surface area contributed by atoms with Crippen LogP contribution in [0.4, 0.5) is 5.69 Å². The number of nitro groups is 1. The number of halogens is 1. The number of ether oxygens (including phenoxy) is 1. The summed E-state index contributed by atoms with van der Waals surface area (Å²) in [5, 5.41) is 10.7. The molecule has 2 rings (SSSR count). The van der Waals surface area contributed by atoms with Crippen LogP contribution in [-0.4, -0.2) is 27.0 Å². The second-order valence-corrected chi connectivity index (χ2v) is 3.53. The molecule has 0 aliphatic heterocycles. The Balaban J connectivity index is 2.71. The number of pyridine rings is 1. The molecule has 0 aromatic carbocycles. The number of nitrogens with zero attached hydrogens (tertiary/aromatic N) is 4. The summed E-state index contributed by atoms with van der Waals surface area (Å²) in [5.41, 5.74) is -0.121. The highest BCUT2D eigenvalue weighted by molar-refractivity contribution is 6.31. The fourth-order valence-corrected chi connectivity index (χ4v) is 1.63. The van der Waals surface area contributed by atoms with E-state index in [1.165, 1.54) is 13.3 Å². The molecule has 0 spiro atoms. The molecule has 0 atom stereocenters. The summed E-state index contributed by atoms with van der Waals surface area (Å²) in [4.78, 5) is 21.8. The van der Waals surface area contributed by atoms with Gasteiger partial charge in [-0.25, -0.2) is 9.97 Å². The largest absolute Gasteiger partial charge is 0.494 e. The van der Waals surface area contributed by atoms with Crippen LogP contribution in [-0.2, 0) is 0 Å². The summed E-state index contributed by atoms with van der Waals surface area (Å²) < 4.78 is 5.09. The average Bonchev–Trinajstić information content (AvgIpc) is 2.38. The zero-order valence-corrected chi connectivity index (χ0v) is 9.96. The number of aromatic nitrogens is 3. The van der Waals surface area contributed by atoms with E-state index in [2.05, 4.69) is 15.0 Å². The first kappa shape index (κ1) is 12.2. The lowest BCUT2D eigenvalue weighted by atomic mass is 10.2. The molecule has 0 aliphatic carbocycles. The van der Waals surface area contributed by atoms with Gasteiger partial charge in [0.25, 0.3) is 0 Å². The van der Waals surface area contributed by atoms with E-state index in [9.17, 15) is 10.1 Å². The monoisotopic (exact) mass is 266 g/mol. The van der Waals surface area contributed by atoms with Crippen molar-refractivity contribution in [3.05, 3.63) is 39.9 Å². The standard InChI is InChI=1S/C10H7ClN4O3/c1-18-6-3-2-4-12-7(6)8-9(15(16)17)10(11)14-5-13-8/h2-5H,1H3. The first-order chi connectivity index (χ1) is 8.65. The van der Waals surface area contributed by atoms with Gasteiger partial charge in [-0.3, -0.25) is 15.1 Å². The third kappa shape index (κ3) is 2.07. The third-order valence-electron chi connectivity index (χ3n) is 2.18. The van der Waals surface area contributed by atoms with E-state index in [-0.39, 0.29) is 16.5 Å². The lowest BCUT2D eigenvalue weighted by Crippen LogP contribution is -2.00. The molecule has 2 heterocycles. The molecule has 0 radical (unpaired) electrons. The number of hydrogen-bond donors (Lipinski definition) is 0. The number of rotatable bonds is 3. The van der Waals surface area contributed by atoms with Gasteiger partial charge in [0.2, 0.25) is 5.15 Å². The maximum atomic E-state index is 11.0. The summed E-state index contributed by atoms with van der Waals surface area (Å²) in [6.45, 7) is 0. The van der Waals surface area contributed by atoms with Crippen molar-refractivity contribution >= 4 is 17.3 Å². The normalized spacial score (nSPS) is 10.1. The molecule has 0 aliphatic rings. The van der Waals surface area contributed by atoms with Crippen LogP contribution in [0.25, 0.3) is 11.4 Å². The molecule has 2 aromatic heterocycles. The van der Waals surface area contributed by atoms with Crippen LogP contribution >= 0.6 is 11.6 Å². The molecule has 0 fully saturated rings. The highest BCUT2D eigenvalue weighted by Crippen LogP contribution is 2.35. The molecule has 0 unspecified atom stereocenters. The summed E-state index contributed by atoms with van der Waals surface area (Å²) in [5.74, 6) is 0.371. The minimum atomic E-state index is -0.647. The summed E-state index contributed by atoms with van der Waals surface area (Å²) in [6, 6.07) is 3.28. The SMILES string of the molecule is COc1cccnc1-c1ncnc(Cl)c1[N+](=O)[O-]. The quantitative estimate of drug-likeness (QED) is 0.480. The van der Waals surface area contributed by atoms with Gasteiger partial charge in [-0.1, -0.05) is 11.6 Å². The fourth-order valence-electron chi connectivity index (χ4n) is 1.43. The van der Waals surface area contributed by atoms with E-state index >= 15 is 0 Å². The van der Waals surface area contributed by atoms with Crippen molar-refractivity contribution in [3.63, 3.8) is 0 Å². The number of hydrogen-bond acceptors (Lipinski definition) is 6. The highest BCUT2D eigenvalue weighted by atomic mass is 35.5. The fraction of sp³-hybridized carbons (Fsp3) is 0.100. The summed E-state index contributed by atoms with van der Waals surface area (Å²) in [7, 11) is 1.44. The van der Waals surface area contributed by atoms with Crippen molar-refractivity contribution in [1.29, 1.82) is 0 Å². The molecule has 0 saturated heterocycles. The summed E-state index contributed by atoms with van der Waals surface area (Å²) in [6.07, 6.45) is 2.62. The molecule has 18 heavy (non-hydrogen) atoms. The van der Waals surface area contributed by atoms with Crippen molar-refractivity contribution in [3.8, 4) is 17.1 Å². The zero-order chi connectivity index (χ0) is 13.1. The van der Waals surface area contributed by atoms with Gasteiger partial charge in [0.1, 0.15) is 17.8 Å². The second kappa shape index (κ2) is 4.92. The lowest BCUT2D eigenvalue weighted by molar-refractivity contribution is -0.384. The van der Waals surface area contributed by atoms with E-state index in [1.54, 1.807) is 12.1 Å². The average molecular weight is 267 g/mol. The van der Waals surface area contributed by atoms with Gasteiger partial charge < -0.3 is 4.74 Å². The molecule has 0 bridgehead atoms. The Hall–Kier alpha value is -2.28. The van der Waals surface area contributed by atoms with Gasteiger partial charge in [0.05, 0.1) is 12.0 Å². The Morgan fingerprint density at radius 3 is 2.78 bits per heavy atom. The van der Waals surface area contributed by atoms with Crippen LogP contribution in [0.5, 0.6) is 5.75 Å². The molecule has 92 valence electrons. The Morgan fingerprint density at radius 1 is 1.33 bits per heavy atom. The van der Waals surface area contributed by atoms with Gasteiger partial charge in [-0.05, 0) is 12.1 Å². The predicted molar refractivity (Wildman–Crippen MR) is 63.5 cm³/mol. The minimum Gasteiger partial charge on any atom is -0.494 e. The molecule has 0 N–H and O–H groups in total. The van der Waals surface area contributed by atoms with Crippen LogP contribution in [0, 0.1) is 10.1 Å². The van der Waals surface area contributed by atoms with Gasteiger partial charge in [-0.2, -0.15) is 0 Å². The van der Waals surface area contributed by atoms with Crippen molar-refractivity contribution in [2.75, 3.05) is 7.11 Å². The smallest absolute Gasteiger partial charge is 0.334 e. The van der Waals surface area contributed by atoms with E-state index < -0.39 is 10.6 Å². The zero-order valence-electron chi connectivity index (χ0n) is 9.20. The van der Waals surface area contributed by atoms with E-state index in [0.717, 1.165) is 6.33 Å². The van der Waals surface area contributed by atoms with Gasteiger partial charge in [-0.15, -0.1) is 0 Å². The first-order valence-electron chi connectivity index (χ1n) is 4.79. The number of methoxy groups -OCH3 is 1. The van der Waals surface area contributed by atoms with E-state index in [1.807, 2.05) is 0 Å². The predicted octanol–water partition coefficient (Wildman–Crippen LogP) is 2.11. The molecule has 7 nitrogen and oxygen atoms in total. The Kier molecular flexibility index (Phi) is 3.33. The summed E-state index contributed by atoms with van der Waals surface area (Å²) >= 11 is 5.71. The van der Waals surface area contributed by atoms with E-state index in [4.69, 9.17) is 16.3 Å². The molecule has 0 saturated carbocycles. The van der Waals surface area contributed by atoms with Crippen LogP contribution in [0.15, 0.2) is 24.7 Å². The molecular weight excluding hydrogens is 260 g/mol. The van der Waals surface area contributed by atoms with Crippen LogP contribution < -0.4 is 4.74 Å². The molecule has 8 heteroatoms. The maximum Gasteiger partial charge on any atom is 0.334 e. The van der Waals surface area contributed by atoms with Crippen molar-refractivity contribution in [2.45, 2.75) is 0 Å². The van der Waals surface area contributed by atoms with Crippen LogP contribution in [0.3, 0.4) is 0 Å². The Morgan fingerprint density at radius 2 is 2.11 bits per heavy atom. The minimum absolute atomic E-state index is 0.0254. The maximum absolute atomic E-state index is 11.0. The van der Waals surface area contributed by atoms with Gasteiger partial charge >= 0.3 is 5.69 Å². The van der Waals surface area contributed by atoms with Crippen LogP contribution in [0.1, 0.15) is 0 Å². The van der Waals surface area contributed by atoms with Gasteiger partial charge in [0, 0.05) is 6.20 Å². The first-order valence-corrected chi connectivity index (χ1v) is 5.17. The highest BCUT2D eigenvalue weighted by Gasteiger charge is 2.25. The third-order valence-corrected chi connectivity index (χ3v) is 2.45. The molecular formula is C10H7ClN4O3. The second-order valence-electron chi connectivity index (χ2n) is 3.17. The Bertz CT molecular complexity index is 605. The lowest BCUT2D eigenvalue weighted by Gasteiger charge is -2.06.